The molecule has 0 atom stereocenters. The second kappa shape index (κ2) is 9.33. The third kappa shape index (κ3) is 4.47. The smallest absolute Gasteiger partial charge is 0.256 e. The quantitative estimate of drug-likeness (QED) is 0.356. The molecule has 0 amide bonds. The van der Waals surface area contributed by atoms with E-state index in [1.807, 2.05) is 37.3 Å². The number of hydrogen-bond donors (Lipinski definition) is 1. The average molecular weight is 499 g/mol. The first-order valence-corrected chi connectivity index (χ1v) is 13.2. The van der Waals surface area contributed by atoms with Crippen LogP contribution in [0.2, 0.25) is 0 Å². The van der Waals surface area contributed by atoms with E-state index in [-0.39, 0.29) is 23.4 Å². The van der Waals surface area contributed by atoms with Crippen molar-refractivity contribution in [2.75, 3.05) is 10.5 Å². The maximum absolute atomic E-state index is 12.1. The van der Waals surface area contributed by atoms with Crippen LogP contribution in [0.3, 0.4) is 0 Å². The third-order valence-electron chi connectivity index (χ3n) is 5.89. The summed E-state index contributed by atoms with van der Waals surface area (Å²) in [7, 11) is -3.39. The molecule has 9 nitrogen and oxygen atoms in total. The van der Waals surface area contributed by atoms with E-state index in [0.29, 0.717) is 23.4 Å². The van der Waals surface area contributed by atoms with Gasteiger partial charge in [-0.2, -0.15) is 10.5 Å². The van der Waals surface area contributed by atoms with Crippen molar-refractivity contribution < 1.29 is 13.2 Å². The fourth-order valence-corrected chi connectivity index (χ4v) is 5.38. The van der Waals surface area contributed by atoms with Gasteiger partial charge < -0.3 is 9.30 Å². The SMILES string of the molecule is CCCS(=O)(=O)Nc1ccc(-c2c(C#N)c3ccc(Oc4nccnc4C#N)cc3n2C2CC2)cc1. The average Bonchev–Trinajstić information content (AvgIpc) is 3.65. The zero-order chi connectivity index (χ0) is 25.3. The van der Waals surface area contributed by atoms with Gasteiger partial charge >= 0.3 is 0 Å². The fraction of sp³-hybridized carbons (Fsp3) is 0.231. The second-order valence-electron chi connectivity index (χ2n) is 8.54. The number of rotatable bonds is 8. The Morgan fingerprint density at radius 1 is 1.08 bits per heavy atom. The van der Waals surface area contributed by atoms with E-state index in [1.165, 1.54) is 12.4 Å². The lowest BCUT2D eigenvalue weighted by Gasteiger charge is -2.12. The molecule has 10 heteroatoms. The summed E-state index contributed by atoms with van der Waals surface area (Å²) in [5.74, 6) is 0.652. The van der Waals surface area contributed by atoms with Crippen molar-refractivity contribution >= 4 is 26.6 Å². The summed E-state index contributed by atoms with van der Waals surface area (Å²) in [6.45, 7) is 1.81. The highest BCUT2D eigenvalue weighted by Crippen LogP contribution is 2.45. The lowest BCUT2D eigenvalue weighted by Crippen LogP contribution is -2.15. The number of aromatic nitrogens is 3. The molecule has 2 aromatic heterocycles. The molecular formula is C26H22N6O3S. The number of nitrogens with one attached hydrogen (secondary N) is 1. The first kappa shape index (κ1) is 23.3. The van der Waals surface area contributed by atoms with Gasteiger partial charge in [-0.25, -0.2) is 18.4 Å². The summed E-state index contributed by atoms with van der Waals surface area (Å²) in [6.07, 6.45) is 5.40. The number of nitrogens with zero attached hydrogens (tertiary/aromatic N) is 5. The van der Waals surface area contributed by atoms with Crippen molar-refractivity contribution in [2.45, 2.75) is 32.2 Å². The molecule has 4 aromatic rings. The molecule has 1 fully saturated rings. The van der Waals surface area contributed by atoms with Gasteiger partial charge in [0.05, 0.1) is 22.5 Å². The van der Waals surface area contributed by atoms with Crippen LogP contribution in [-0.2, 0) is 10.0 Å². The number of ether oxygens (including phenoxy) is 1. The molecule has 5 rings (SSSR count). The summed E-state index contributed by atoms with van der Waals surface area (Å²) in [4.78, 5) is 8.09. The van der Waals surface area contributed by atoms with E-state index >= 15 is 0 Å². The minimum atomic E-state index is -3.39. The van der Waals surface area contributed by atoms with Crippen molar-refractivity contribution in [3.05, 3.63) is 66.1 Å². The molecule has 1 saturated carbocycles. The third-order valence-corrected chi connectivity index (χ3v) is 7.38. The molecule has 2 heterocycles. The van der Waals surface area contributed by atoms with Gasteiger partial charge in [-0.05, 0) is 49.1 Å². The second-order valence-corrected chi connectivity index (χ2v) is 10.4. The maximum Gasteiger partial charge on any atom is 0.256 e. The monoisotopic (exact) mass is 498 g/mol. The Morgan fingerprint density at radius 2 is 1.83 bits per heavy atom. The number of nitriles is 2. The Labute approximate surface area is 208 Å². The van der Waals surface area contributed by atoms with Gasteiger partial charge in [-0.15, -0.1) is 0 Å². The van der Waals surface area contributed by atoms with E-state index in [4.69, 9.17) is 4.74 Å². The molecule has 0 radical (unpaired) electrons. The van der Waals surface area contributed by atoms with Gasteiger partial charge in [0.1, 0.15) is 17.9 Å². The Morgan fingerprint density at radius 3 is 2.50 bits per heavy atom. The molecule has 0 saturated heterocycles. The van der Waals surface area contributed by atoms with Crippen LogP contribution in [0, 0.1) is 22.7 Å². The molecule has 180 valence electrons. The van der Waals surface area contributed by atoms with Crippen molar-refractivity contribution in [1.29, 1.82) is 10.5 Å². The van der Waals surface area contributed by atoms with Crippen LogP contribution in [-0.4, -0.2) is 28.7 Å². The lowest BCUT2D eigenvalue weighted by atomic mass is 10.1. The van der Waals surface area contributed by atoms with Gasteiger partial charge in [0.25, 0.3) is 5.88 Å². The van der Waals surface area contributed by atoms with E-state index in [9.17, 15) is 18.9 Å². The molecule has 0 bridgehead atoms. The Kier molecular flexibility index (Phi) is 6.05. The summed E-state index contributed by atoms with van der Waals surface area (Å²) >= 11 is 0. The first-order valence-electron chi connectivity index (χ1n) is 11.5. The summed E-state index contributed by atoms with van der Waals surface area (Å²) < 4.78 is 34.9. The van der Waals surface area contributed by atoms with Crippen molar-refractivity contribution in [3.8, 4) is 35.0 Å². The standard InChI is InChI=1S/C26H22N6O3S/c1-2-13-36(33,34)31-18-5-3-17(4-6-18)25-22(15-27)21-10-9-20(14-24(21)32(25)19-7-8-19)35-26-23(16-28)29-11-12-30-26/h3-6,9-12,14,19,31H,2,7-8,13H2,1H3. The van der Waals surface area contributed by atoms with E-state index in [0.717, 1.165) is 35.0 Å². The highest BCUT2D eigenvalue weighted by atomic mass is 32.2. The number of fused-ring (bicyclic) bond motifs is 1. The predicted octanol–water partition coefficient (Wildman–Crippen LogP) is 5.12. The Bertz CT molecular complexity index is 1640. The zero-order valence-corrected chi connectivity index (χ0v) is 20.3. The van der Waals surface area contributed by atoms with Gasteiger partial charge in [0.2, 0.25) is 15.7 Å². The highest BCUT2D eigenvalue weighted by Gasteiger charge is 2.31. The summed E-state index contributed by atoms with van der Waals surface area (Å²) in [5, 5.41) is 20.2. The molecule has 0 unspecified atom stereocenters. The van der Waals surface area contributed by atoms with Crippen LogP contribution in [0.1, 0.15) is 43.5 Å². The molecule has 1 N–H and O–H groups in total. The maximum atomic E-state index is 12.1. The molecule has 36 heavy (non-hydrogen) atoms. The van der Waals surface area contributed by atoms with Crippen LogP contribution in [0.4, 0.5) is 5.69 Å². The van der Waals surface area contributed by atoms with Crippen molar-refractivity contribution in [3.63, 3.8) is 0 Å². The van der Waals surface area contributed by atoms with Crippen LogP contribution in [0.15, 0.2) is 54.9 Å². The highest BCUT2D eigenvalue weighted by molar-refractivity contribution is 7.92. The number of benzene rings is 2. The molecule has 1 aliphatic rings. The molecule has 2 aromatic carbocycles. The number of anilines is 1. The van der Waals surface area contributed by atoms with Crippen molar-refractivity contribution in [2.24, 2.45) is 0 Å². The molecule has 0 aliphatic heterocycles. The normalized spacial score (nSPS) is 13.2. The summed E-state index contributed by atoms with van der Waals surface area (Å²) in [6, 6.07) is 17.1. The van der Waals surface area contributed by atoms with Gasteiger partial charge in [-0.3, -0.25) is 4.72 Å². The summed E-state index contributed by atoms with van der Waals surface area (Å²) in [5.41, 5.74) is 3.55. The number of hydrogen-bond acceptors (Lipinski definition) is 7. The van der Waals surface area contributed by atoms with Crippen molar-refractivity contribution in [1.82, 2.24) is 14.5 Å². The molecule has 0 spiro atoms. The lowest BCUT2D eigenvalue weighted by molar-refractivity contribution is 0.458. The van der Waals surface area contributed by atoms with Gasteiger partial charge in [0.15, 0.2) is 0 Å². The zero-order valence-electron chi connectivity index (χ0n) is 19.5. The van der Waals surface area contributed by atoms with E-state index in [1.54, 1.807) is 18.2 Å². The van der Waals surface area contributed by atoms with Crippen LogP contribution < -0.4 is 9.46 Å². The number of sulfonamides is 1. The molecule has 1 aliphatic carbocycles. The van der Waals surface area contributed by atoms with Crippen LogP contribution in [0.5, 0.6) is 11.6 Å². The molecular weight excluding hydrogens is 476 g/mol. The Hall–Kier alpha value is -4.41. The van der Waals surface area contributed by atoms with E-state index in [2.05, 4.69) is 25.3 Å². The topological polar surface area (TPSA) is 134 Å². The first-order chi connectivity index (χ1) is 17.4. The predicted molar refractivity (Wildman–Crippen MR) is 135 cm³/mol. The van der Waals surface area contributed by atoms with Crippen LogP contribution in [0.25, 0.3) is 22.2 Å². The van der Waals surface area contributed by atoms with E-state index < -0.39 is 10.0 Å². The fourth-order valence-electron chi connectivity index (χ4n) is 4.25. The Balaban J connectivity index is 1.57. The minimum absolute atomic E-state index is 0.0537. The van der Waals surface area contributed by atoms with Gasteiger partial charge in [-0.1, -0.05) is 19.1 Å². The van der Waals surface area contributed by atoms with Gasteiger partial charge in [0, 0.05) is 35.6 Å². The van der Waals surface area contributed by atoms with Crippen LogP contribution >= 0.6 is 0 Å². The minimum Gasteiger partial charge on any atom is -0.436 e. The largest absolute Gasteiger partial charge is 0.436 e.